The Morgan fingerprint density at radius 1 is 1.50 bits per heavy atom. The van der Waals surface area contributed by atoms with Crippen LogP contribution in [-0.4, -0.2) is 39.3 Å². The summed E-state index contributed by atoms with van der Waals surface area (Å²) in [5.41, 5.74) is -0.162. The van der Waals surface area contributed by atoms with Gasteiger partial charge in [-0.25, -0.2) is 18.4 Å². The highest BCUT2D eigenvalue weighted by Gasteiger charge is 2.21. The molecule has 3 N–H and O–H groups in total. The van der Waals surface area contributed by atoms with Crippen molar-refractivity contribution < 1.29 is 27.8 Å². The Bertz CT molecular complexity index is 606. The van der Waals surface area contributed by atoms with Gasteiger partial charge in [0.05, 0.1) is 18.8 Å². The minimum atomic E-state index is -4.05. The number of rotatable bonds is 5. The molecule has 20 heavy (non-hydrogen) atoms. The van der Waals surface area contributed by atoms with Gasteiger partial charge in [-0.3, -0.25) is 0 Å². The Kier molecular flexibility index (Phi) is 4.26. The van der Waals surface area contributed by atoms with E-state index in [-0.39, 0.29) is 22.1 Å². The molecule has 0 aromatic heterocycles. The zero-order chi connectivity index (χ0) is 14.8. The average molecular weight is 301 g/mol. The van der Waals surface area contributed by atoms with Gasteiger partial charge >= 0.3 is 5.97 Å². The highest BCUT2D eigenvalue weighted by Crippen LogP contribution is 2.25. The second-order valence-corrected chi connectivity index (χ2v) is 6.08. The molecule has 0 saturated carbocycles. The van der Waals surface area contributed by atoms with E-state index in [2.05, 4.69) is 0 Å². The molecule has 8 heteroatoms. The van der Waals surface area contributed by atoms with Gasteiger partial charge in [0.2, 0.25) is 10.0 Å². The number of nitrogens with two attached hydrogens (primary N) is 1. The highest BCUT2D eigenvalue weighted by atomic mass is 32.2. The molecule has 0 bridgehead atoms. The Balaban J connectivity index is 2.24. The molecule has 1 heterocycles. The van der Waals surface area contributed by atoms with Crippen molar-refractivity contribution in [2.75, 3.05) is 19.8 Å². The maximum Gasteiger partial charge on any atom is 0.335 e. The number of hydrogen-bond acceptors (Lipinski definition) is 5. The predicted molar refractivity (Wildman–Crippen MR) is 69.2 cm³/mol. The number of carbonyl (C=O) groups is 1. The second-order valence-electron chi connectivity index (χ2n) is 4.55. The zero-order valence-electron chi connectivity index (χ0n) is 10.6. The molecule has 0 spiro atoms. The lowest BCUT2D eigenvalue weighted by Gasteiger charge is -2.13. The number of hydrogen-bond donors (Lipinski definition) is 2. The van der Waals surface area contributed by atoms with Crippen LogP contribution < -0.4 is 9.88 Å². The van der Waals surface area contributed by atoms with Gasteiger partial charge in [0, 0.05) is 12.5 Å². The summed E-state index contributed by atoms with van der Waals surface area (Å²) in [5.74, 6) is -0.975. The van der Waals surface area contributed by atoms with Gasteiger partial charge in [0.25, 0.3) is 0 Å². The van der Waals surface area contributed by atoms with E-state index >= 15 is 0 Å². The molecule has 0 radical (unpaired) electrons. The summed E-state index contributed by atoms with van der Waals surface area (Å²) in [4.78, 5) is 10.5. The summed E-state index contributed by atoms with van der Waals surface area (Å²) >= 11 is 0. The molecule has 1 saturated heterocycles. The van der Waals surface area contributed by atoms with Crippen molar-refractivity contribution in [3.63, 3.8) is 0 Å². The fourth-order valence-electron chi connectivity index (χ4n) is 1.91. The van der Waals surface area contributed by atoms with Crippen molar-refractivity contribution in [2.45, 2.75) is 11.3 Å². The Morgan fingerprint density at radius 3 is 2.80 bits per heavy atom. The Hall–Kier alpha value is -1.64. The molecule has 1 aromatic carbocycles. The van der Waals surface area contributed by atoms with Crippen LogP contribution in [0, 0.1) is 5.92 Å². The molecule has 1 atom stereocenters. The largest absolute Gasteiger partial charge is 0.492 e. The van der Waals surface area contributed by atoms with E-state index in [1.165, 1.54) is 12.1 Å². The van der Waals surface area contributed by atoms with E-state index in [4.69, 9.17) is 19.7 Å². The van der Waals surface area contributed by atoms with E-state index in [1.807, 2.05) is 0 Å². The van der Waals surface area contributed by atoms with Crippen LogP contribution in [0.2, 0.25) is 0 Å². The third-order valence-corrected chi connectivity index (χ3v) is 3.93. The number of primary sulfonamides is 1. The molecular formula is C12H15NO6S. The molecule has 1 unspecified atom stereocenters. The number of carboxylic acid groups (broad SMARTS) is 1. The van der Waals surface area contributed by atoms with Crippen molar-refractivity contribution >= 4 is 16.0 Å². The van der Waals surface area contributed by atoms with Gasteiger partial charge in [0.1, 0.15) is 10.6 Å². The van der Waals surface area contributed by atoms with Crippen molar-refractivity contribution in [1.29, 1.82) is 0 Å². The van der Waals surface area contributed by atoms with Gasteiger partial charge in [-0.15, -0.1) is 0 Å². The smallest absolute Gasteiger partial charge is 0.335 e. The third kappa shape index (κ3) is 3.47. The summed E-state index contributed by atoms with van der Waals surface area (Å²) in [6.07, 6.45) is 0.845. The van der Waals surface area contributed by atoms with E-state index in [0.717, 1.165) is 12.5 Å². The molecule has 7 nitrogen and oxygen atoms in total. The number of ether oxygens (including phenoxy) is 2. The van der Waals surface area contributed by atoms with Crippen LogP contribution >= 0.6 is 0 Å². The summed E-state index contributed by atoms with van der Waals surface area (Å²) in [6, 6.07) is 3.58. The minimum absolute atomic E-state index is 0.0596. The summed E-state index contributed by atoms with van der Waals surface area (Å²) < 4.78 is 33.7. The Labute approximate surface area is 116 Å². The average Bonchev–Trinajstić information content (AvgIpc) is 2.88. The first kappa shape index (κ1) is 14.8. The first-order chi connectivity index (χ1) is 9.38. The Morgan fingerprint density at radius 2 is 2.25 bits per heavy atom. The van der Waals surface area contributed by atoms with E-state index in [9.17, 15) is 13.2 Å². The molecular weight excluding hydrogens is 286 g/mol. The van der Waals surface area contributed by atoms with Gasteiger partial charge in [0.15, 0.2) is 0 Å². The van der Waals surface area contributed by atoms with Gasteiger partial charge in [-0.2, -0.15) is 0 Å². The molecule has 0 amide bonds. The van der Waals surface area contributed by atoms with Gasteiger partial charge in [-0.1, -0.05) is 0 Å². The molecule has 1 fully saturated rings. The quantitative estimate of drug-likeness (QED) is 0.815. The summed E-state index contributed by atoms with van der Waals surface area (Å²) in [5, 5.41) is 14.0. The van der Waals surface area contributed by atoms with Crippen LogP contribution in [0.15, 0.2) is 23.1 Å². The molecule has 1 aliphatic heterocycles. The predicted octanol–water partition coefficient (Wildman–Crippen LogP) is 0.448. The topological polar surface area (TPSA) is 116 Å². The SMILES string of the molecule is NS(=O)(=O)c1cc(C(=O)O)ccc1OCC1CCOC1. The van der Waals surface area contributed by atoms with E-state index < -0.39 is 16.0 Å². The number of carboxylic acids is 1. The van der Waals surface area contributed by atoms with Crippen molar-refractivity contribution in [1.82, 2.24) is 0 Å². The first-order valence-electron chi connectivity index (χ1n) is 5.98. The van der Waals surface area contributed by atoms with Crippen molar-refractivity contribution in [3.05, 3.63) is 23.8 Å². The van der Waals surface area contributed by atoms with Crippen molar-refractivity contribution in [2.24, 2.45) is 11.1 Å². The standard InChI is InChI=1S/C12H15NO6S/c13-20(16,17)11-5-9(12(14)15)1-2-10(11)19-7-8-3-4-18-6-8/h1-2,5,8H,3-4,6-7H2,(H,14,15)(H2,13,16,17). The van der Waals surface area contributed by atoms with Crippen LogP contribution in [0.3, 0.4) is 0 Å². The van der Waals surface area contributed by atoms with Crippen molar-refractivity contribution in [3.8, 4) is 5.75 Å². The second kappa shape index (κ2) is 5.78. The summed E-state index contributed by atoms with van der Waals surface area (Å²) in [6.45, 7) is 1.53. The lowest BCUT2D eigenvalue weighted by atomic mass is 10.1. The number of sulfonamides is 1. The van der Waals surface area contributed by atoms with E-state index in [0.29, 0.717) is 19.8 Å². The van der Waals surface area contributed by atoms with Gasteiger partial charge < -0.3 is 14.6 Å². The molecule has 0 aliphatic carbocycles. The first-order valence-corrected chi connectivity index (χ1v) is 7.53. The monoisotopic (exact) mass is 301 g/mol. The highest BCUT2D eigenvalue weighted by molar-refractivity contribution is 7.89. The van der Waals surface area contributed by atoms with Crippen LogP contribution in [-0.2, 0) is 14.8 Å². The maximum atomic E-state index is 11.5. The normalized spacial score (nSPS) is 18.9. The molecule has 110 valence electrons. The lowest BCUT2D eigenvalue weighted by Crippen LogP contribution is -2.17. The van der Waals surface area contributed by atoms with Crippen LogP contribution in [0.5, 0.6) is 5.75 Å². The van der Waals surface area contributed by atoms with Crippen LogP contribution in [0.1, 0.15) is 16.8 Å². The van der Waals surface area contributed by atoms with Crippen LogP contribution in [0.4, 0.5) is 0 Å². The fraction of sp³-hybridized carbons (Fsp3) is 0.417. The molecule has 2 rings (SSSR count). The number of benzene rings is 1. The van der Waals surface area contributed by atoms with Gasteiger partial charge in [-0.05, 0) is 24.6 Å². The maximum absolute atomic E-state index is 11.5. The third-order valence-electron chi connectivity index (χ3n) is 3.00. The lowest BCUT2D eigenvalue weighted by molar-refractivity contribution is 0.0696. The zero-order valence-corrected chi connectivity index (χ0v) is 11.4. The molecule has 1 aromatic rings. The molecule has 1 aliphatic rings. The minimum Gasteiger partial charge on any atom is -0.492 e. The van der Waals surface area contributed by atoms with E-state index in [1.54, 1.807) is 0 Å². The summed E-state index contributed by atoms with van der Waals surface area (Å²) in [7, 11) is -4.05. The van der Waals surface area contributed by atoms with Crippen LogP contribution in [0.25, 0.3) is 0 Å². The fourth-order valence-corrected chi connectivity index (χ4v) is 2.60. The number of aromatic carboxylic acids is 1.